The van der Waals surface area contributed by atoms with Gasteiger partial charge in [0.2, 0.25) is 0 Å². The molecule has 0 amide bonds. The molecule has 0 aliphatic carbocycles. The van der Waals surface area contributed by atoms with Gasteiger partial charge in [0.15, 0.2) is 6.39 Å². The zero-order valence-electron chi connectivity index (χ0n) is 16.2. The molecule has 0 radical (unpaired) electrons. The molecule has 2 saturated heterocycles. The maximum Gasteiger partial charge on any atom is 0.181 e. The maximum atomic E-state index is 5.58. The van der Waals surface area contributed by atoms with Crippen molar-refractivity contribution in [1.82, 2.24) is 19.9 Å². The van der Waals surface area contributed by atoms with E-state index in [1.54, 1.807) is 12.7 Å². The Bertz CT molecular complexity index is 742. The number of hydrogen-bond acceptors (Lipinski definition) is 6. The van der Waals surface area contributed by atoms with E-state index in [4.69, 9.17) is 4.42 Å². The van der Waals surface area contributed by atoms with Gasteiger partial charge in [-0.3, -0.25) is 4.90 Å². The first kappa shape index (κ1) is 17.5. The van der Waals surface area contributed by atoms with Crippen LogP contribution in [-0.2, 0) is 6.54 Å². The predicted octanol–water partition coefficient (Wildman–Crippen LogP) is 3.28. The van der Waals surface area contributed by atoms with Crippen LogP contribution in [0.3, 0.4) is 0 Å². The molecule has 2 unspecified atom stereocenters. The van der Waals surface area contributed by atoms with Gasteiger partial charge < -0.3 is 9.32 Å². The molecule has 0 bridgehead atoms. The second kappa shape index (κ2) is 6.99. The standard InChI is InChI=1S/C20H29N5O/c1-13(2)17-5-19(22-11-21-17)25-8-15-6-24(7-16(15)9-25)10-18-20(14(3)4)26-12-23-18/h5,11-16H,6-10H2,1-4H3. The molecule has 140 valence electrons. The van der Waals surface area contributed by atoms with Crippen molar-refractivity contribution in [2.75, 3.05) is 31.1 Å². The third-order valence-corrected chi connectivity index (χ3v) is 5.72. The highest BCUT2D eigenvalue weighted by atomic mass is 16.3. The molecular formula is C20H29N5O. The van der Waals surface area contributed by atoms with Gasteiger partial charge in [0.05, 0.1) is 5.69 Å². The number of nitrogens with zero attached hydrogens (tertiary/aromatic N) is 5. The maximum absolute atomic E-state index is 5.58. The van der Waals surface area contributed by atoms with Gasteiger partial charge in [0.1, 0.15) is 17.9 Å². The van der Waals surface area contributed by atoms with E-state index in [0.717, 1.165) is 55.7 Å². The van der Waals surface area contributed by atoms with E-state index in [1.165, 1.54) is 0 Å². The van der Waals surface area contributed by atoms with Crippen molar-refractivity contribution < 1.29 is 4.42 Å². The van der Waals surface area contributed by atoms with E-state index in [0.29, 0.717) is 23.7 Å². The molecular weight excluding hydrogens is 326 g/mol. The van der Waals surface area contributed by atoms with Crippen molar-refractivity contribution in [3.8, 4) is 0 Å². The van der Waals surface area contributed by atoms with Crippen molar-refractivity contribution in [2.24, 2.45) is 11.8 Å². The largest absolute Gasteiger partial charge is 0.448 e. The molecule has 6 nitrogen and oxygen atoms in total. The molecule has 2 aliphatic heterocycles. The Morgan fingerprint density at radius 3 is 2.38 bits per heavy atom. The van der Waals surface area contributed by atoms with Crippen molar-refractivity contribution in [3.05, 3.63) is 35.9 Å². The fourth-order valence-corrected chi connectivity index (χ4v) is 4.33. The van der Waals surface area contributed by atoms with Crippen LogP contribution in [0, 0.1) is 11.8 Å². The van der Waals surface area contributed by atoms with Gasteiger partial charge in [0.25, 0.3) is 0 Å². The van der Waals surface area contributed by atoms with Crippen molar-refractivity contribution in [1.29, 1.82) is 0 Å². The summed E-state index contributed by atoms with van der Waals surface area (Å²) in [7, 11) is 0. The molecule has 4 heterocycles. The lowest BCUT2D eigenvalue weighted by atomic mass is 10.0. The van der Waals surface area contributed by atoms with Crippen LogP contribution >= 0.6 is 0 Å². The van der Waals surface area contributed by atoms with E-state index in [2.05, 4.69) is 58.5 Å². The highest BCUT2D eigenvalue weighted by molar-refractivity contribution is 5.41. The third kappa shape index (κ3) is 3.34. The van der Waals surface area contributed by atoms with Crippen molar-refractivity contribution >= 4 is 5.82 Å². The molecule has 4 rings (SSSR count). The van der Waals surface area contributed by atoms with Crippen LogP contribution in [0.2, 0.25) is 0 Å². The summed E-state index contributed by atoms with van der Waals surface area (Å²) in [6.45, 7) is 14.0. The van der Waals surface area contributed by atoms with Crippen LogP contribution in [0.5, 0.6) is 0 Å². The van der Waals surface area contributed by atoms with Gasteiger partial charge in [0, 0.05) is 50.4 Å². The minimum atomic E-state index is 0.387. The first-order chi connectivity index (χ1) is 12.5. The number of oxazole rings is 1. The monoisotopic (exact) mass is 355 g/mol. The van der Waals surface area contributed by atoms with E-state index < -0.39 is 0 Å². The summed E-state index contributed by atoms with van der Waals surface area (Å²) >= 11 is 0. The van der Waals surface area contributed by atoms with Crippen LogP contribution in [0.4, 0.5) is 5.82 Å². The smallest absolute Gasteiger partial charge is 0.181 e. The first-order valence-electron chi connectivity index (χ1n) is 9.72. The van der Waals surface area contributed by atoms with Gasteiger partial charge in [-0.15, -0.1) is 0 Å². The molecule has 2 atom stereocenters. The second-order valence-electron chi connectivity index (χ2n) is 8.39. The molecule has 0 spiro atoms. The lowest BCUT2D eigenvalue weighted by molar-refractivity contribution is 0.302. The Morgan fingerprint density at radius 2 is 1.73 bits per heavy atom. The number of hydrogen-bond donors (Lipinski definition) is 0. The summed E-state index contributed by atoms with van der Waals surface area (Å²) < 4.78 is 5.58. The normalized spacial score (nSPS) is 23.4. The Balaban J connectivity index is 1.38. The van der Waals surface area contributed by atoms with Crippen LogP contribution in [-0.4, -0.2) is 46.0 Å². The van der Waals surface area contributed by atoms with Crippen molar-refractivity contribution in [3.63, 3.8) is 0 Å². The number of aromatic nitrogens is 3. The van der Waals surface area contributed by atoms with Gasteiger partial charge in [-0.1, -0.05) is 27.7 Å². The van der Waals surface area contributed by atoms with E-state index >= 15 is 0 Å². The lowest BCUT2D eigenvalue weighted by Crippen LogP contribution is -2.29. The Hall–Kier alpha value is -1.95. The van der Waals surface area contributed by atoms with Crippen molar-refractivity contribution in [2.45, 2.75) is 46.1 Å². The summed E-state index contributed by atoms with van der Waals surface area (Å²) in [6.07, 6.45) is 3.30. The van der Waals surface area contributed by atoms with Crippen LogP contribution in [0.15, 0.2) is 23.2 Å². The molecule has 2 aliphatic rings. The quantitative estimate of drug-likeness (QED) is 0.820. The molecule has 2 fully saturated rings. The highest BCUT2D eigenvalue weighted by Gasteiger charge is 2.40. The van der Waals surface area contributed by atoms with E-state index in [1.807, 2.05) is 0 Å². The Labute approximate surface area is 155 Å². The first-order valence-corrected chi connectivity index (χ1v) is 9.72. The molecule has 2 aromatic rings. The molecule has 6 heteroatoms. The second-order valence-corrected chi connectivity index (χ2v) is 8.39. The Kier molecular flexibility index (Phi) is 4.69. The van der Waals surface area contributed by atoms with Gasteiger partial charge in [-0.2, -0.15) is 0 Å². The predicted molar refractivity (Wildman–Crippen MR) is 101 cm³/mol. The molecule has 26 heavy (non-hydrogen) atoms. The highest BCUT2D eigenvalue weighted by Crippen LogP contribution is 2.34. The summed E-state index contributed by atoms with van der Waals surface area (Å²) in [5.74, 6) is 4.36. The van der Waals surface area contributed by atoms with Crippen LogP contribution in [0.25, 0.3) is 0 Å². The minimum Gasteiger partial charge on any atom is -0.448 e. The fourth-order valence-electron chi connectivity index (χ4n) is 4.33. The van der Waals surface area contributed by atoms with Crippen LogP contribution in [0.1, 0.15) is 56.7 Å². The molecule has 0 saturated carbocycles. The summed E-state index contributed by atoms with van der Waals surface area (Å²) in [6, 6.07) is 2.16. The number of fused-ring (bicyclic) bond motifs is 1. The average molecular weight is 355 g/mol. The average Bonchev–Trinajstić information content (AvgIpc) is 3.29. The topological polar surface area (TPSA) is 58.3 Å². The van der Waals surface area contributed by atoms with Gasteiger partial charge >= 0.3 is 0 Å². The molecule has 0 N–H and O–H groups in total. The zero-order valence-corrected chi connectivity index (χ0v) is 16.2. The summed E-state index contributed by atoms with van der Waals surface area (Å²) in [5.41, 5.74) is 2.23. The van der Waals surface area contributed by atoms with Crippen LogP contribution < -0.4 is 4.90 Å². The third-order valence-electron chi connectivity index (χ3n) is 5.72. The Morgan fingerprint density at radius 1 is 1.00 bits per heavy atom. The van der Waals surface area contributed by atoms with Gasteiger partial charge in [-0.25, -0.2) is 15.0 Å². The number of likely N-dealkylation sites (tertiary alicyclic amines) is 1. The van der Waals surface area contributed by atoms with Gasteiger partial charge in [-0.05, 0) is 17.8 Å². The van der Waals surface area contributed by atoms with E-state index in [9.17, 15) is 0 Å². The van der Waals surface area contributed by atoms with E-state index in [-0.39, 0.29) is 0 Å². The molecule has 2 aromatic heterocycles. The fraction of sp³-hybridized carbons (Fsp3) is 0.650. The number of rotatable bonds is 5. The molecule has 0 aromatic carbocycles. The zero-order chi connectivity index (χ0) is 18.3. The summed E-state index contributed by atoms with van der Waals surface area (Å²) in [5, 5.41) is 0. The number of anilines is 1. The summed E-state index contributed by atoms with van der Waals surface area (Å²) in [4.78, 5) is 18.3. The minimum absolute atomic E-state index is 0.387. The lowest BCUT2D eigenvalue weighted by Gasteiger charge is -2.22. The SMILES string of the molecule is CC(C)c1cc(N2CC3CN(Cc4ncoc4C(C)C)CC3C2)ncn1.